The predicted octanol–water partition coefficient (Wildman–Crippen LogP) is 5.24. The molecular weight excluding hydrogens is 325 g/mol. The van der Waals surface area contributed by atoms with E-state index in [9.17, 15) is 9.18 Å². The summed E-state index contributed by atoms with van der Waals surface area (Å²) in [6.07, 6.45) is 1.88. The lowest BCUT2D eigenvalue weighted by Gasteiger charge is -2.16. The monoisotopic (exact) mass is 345 g/mol. The molecule has 3 aromatic rings. The first-order valence-electron chi connectivity index (χ1n) is 8.52. The van der Waals surface area contributed by atoms with E-state index in [-0.39, 0.29) is 17.8 Å². The maximum Gasteiger partial charge on any atom is 0.252 e. The van der Waals surface area contributed by atoms with Crippen LogP contribution < -0.4 is 5.32 Å². The second-order valence-corrected chi connectivity index (χ2v) is 6.08. The highest BCUT2D eigenvalue weighted by atomic mass is 19.1. The second kappa shape index (κ2) is 8.26. The molecular formula is C23H20FNO. The van der Waals surface area contributed by atoms with E-state index in [4.69, 9.17) is 0 Å². The fourth-order valence-electron chi connectivity index (χ4n) is 2.72. The summed E-state index contributed by atoms with van der Waals surface area (Å²) in [6.45, 7) is 1.89. The number of hydrogen-bond acceptors (Lipinski definition) is 1. The van der Waals surface area contributed by atoms with Gasteiger partial charge in [-0.25, -0.2) is 4.39 Å². The number of halogens is 1. The first-order valence-corrected chi connectivity index (χ1v) is 8.52. The molecule has 1 N–H and O–H groups in total. The van der Waals surface area contributed by atoms with E-state index < -0.39 is 0 Å². The molecule has 0 radical (unpaired) electrons. The molecule has 0 aliphatic carbocycles. The Kier molecular flexibility index (Phi) is 5.59. The van der Waals surface area contributed by atoms with Crippen LogP contribution in [0.4, 0.5) is 4.39 Å². The summed E-state index contributed by atoms with van der Waals surface area (Å²) >= 11 is 0. The zero-order valence-corrected chi connectivity index (χ0v) is 14.5. The van der Waals surface area contributed by atoms with Crippen LogP contribution in [0.3, 0.4) is 0 Å². The third kappa shape index (κ3) is 4.45. The van der Waals surface area contributed by atoms with Gasteiger partial charge in [0, 0.05) is 5.57 Å². The van der Waals surface area contributed by atoms with Crippen LogP contribution in [0.5, 0.6) is 0 Å². The molecule has 3 rings (SSSR count). The summed E-state index contributed by atoms with van der Waals surface area (Å²) in [5.74, 6) is -0.460. The largest absolute Gasteiger partial charge is 0.345 e. The zero-order chi connectivity index (χ0) is 18.4. The Morgan fingerprint density at radius 1 is 0.885 bits per heavy atom. The van der Waals surface area contributed by atoms with Gasteiger partial charge in [0.2, 0.25) is 0 Å². The van der Waals surface area contributed by atoms with Crippen LogP contribution in [0.25, 0.3) is 11.6 Å². The predicted molar refractivity (Wildman–Crippen MR) is 104 cm³/mol. The minimum Gasteiger partial charge on any atom is -0.345 e. The van der Waals surface area contributed by atoms with Crippen LogP contribution in [-0.4, -0.2) is 5.91 Å². The van der Waals surface area contributed by atoms with Crippen LogP contribution >= 0.6 is 0 Å². The van der Waals surface area contributed by atoms with Crippen molar-refractivity contribution in [2.75, 3.05) is 0 Å². The molecule has 3 heteroatoms. The van der Waals surface area contributed by atoms with E-state index in [2.05, 4.69) is 5.32 Å². The molecule has 0 aliphatic heterocycles. The van der Waals surface area contributed by atoms with Gasteiger partial charge >= 0.3 is 0 Å². The van der Waals surface area contributed by atoms with Crippen molar-refractivity contribution in [3.63, 3.8) is 0 Å². The molecule has 26 heavy (non-hydrogen) atoms. The lowest BCUT2D eigenvalue weighted by molar-refractivity contribution is -0.116. The Bertz CT molecular complexity index is 887. The Balaban J connectivity index is 1.88. The smallest absolute Gasteiger partial charge is 0.252 e. The molecule has 0 bridgehead atoms. The Morgan fingerprint density at radius 2 is 1.46 bits per heavy atom. The van der Waals surface area contributed by atoms with Gasteiger partial charge in [0.15, 0.2) is 0 Å². The molecule has 0 aromatic heterocycles. The number of rotatable bonds is 5. The first-order chi connectivity index (χ1) is 12.6. The summed E-state index contributed by atoms with van der Waals surface area (Å²) < 4.78 is 13.1. The molecule has 2 nitrogen and oxygen atoms in total. The van der Waals surface area contributed by atoms with Crippen LogP contribution in [0.1, 0.15) is 29.7 Å². The highest BCUT2D eigenvalue weighted by Gasteiger charge is 2.15. The van der Waals surface area contributed by atoms with Crippen LogP contribution in [0.2, 0.25) is 0 Å². The van der Waals surface area contributed by atoms with E-state index in [0.717, 1.165) is 16.7 Å². The zero-order valence-electron chi connectivity index (χ0n) is 14.5. The molecule has 0 fully saturated rings. The topological polar surface area (TPSA) is 29.1 Å². The number of carbonyl (C=O) groups excluding carboxylic acids is 1. The quantitative estimate of drug-likeness (QED) is 0.497. The summed E-state index contributed by atoms with van der Waals surface area (Å²) in [7, 11) is 0. The van der Waals surface area contributed by atoms with Gasteiger partial charge in [-0.2, -0.15) is 0 Å². The molecule has 1 amide bonds. The van der Waals surface area contributed by atoms with Crippen molar-refractivity contribution in [3.05, 3.63) is 107 Å². The van der Waals surface area contributed by atoms with Gasteiger partial charge in [0.05, 0.1) is 6.04 Å². The van der Waals surface area contributed by atoms with Crippen molar-refractivity contribution in [1.29, 1.82) is 0 Å². The minimum atomic E-state index is -0.291. The van der Waals surface area contributed by atoms with E-state index in [1.54, 1.807) is 12.1 Å². The third-order valence-electron chi connectivity index (χ3n) is 4.16. The van der Waals surface area contributed by atoms with Crippen molar-refractivity contribution in [1.82, 2.24) is 5.32 Å². The number of benzene rings is 3. The average Bonchev–Trinajstić information content (AvgIpc) is 2.68. The summed E-state index contributed by atoms with van der Waals surface area (Å²) in [5, 5.41) is 3.00. The SMILES string of the molecule is C[C@H](NC(=O)/C(=C/c1ccccc1)c1ccccc1)c1ccc(F)cc1. The Hall–Kier alpha value is -3.20. The van der Waals surface area contributed by atoms with Crippen molar-refractivity contribution < 1.29 is 9.18 Å². The van der Waals surface area contributed by atoms with Gasteiger partial charge in [0.25, 0.3) is 5.91 Å². The number of nitrogens with one attached hydrogen (secondary N) is 1. The van der Waals surface area contributed by atoms with E-state index in [0.29, 0.717) is 5.57 Å². The van der Waals surface area contributed by atoms with Crippen LogP contribution in [0, 0.1) is 5.82 Å². The Labute approximate surface area is 153 Å². The normalized spacial score (nSPS) is 12.5. The molecule has 0 spiro atoms. The highest BCUT2D eigenvalue weighted by Crippen LogP contribution is 2.21. The van der Waals surface area contributed by atoms with Gasteiger partial charge in [0.1, 0.15) is 5.82 Å². The van der Waals surface area contributed by atoms with Gasteiger partial charge < -0.3 is 5.32 Å². The van der Waals surface area contributed by atoms with Gasteiger partial charge in [-0.05, 0) is 41.8 Å². The van der Waals surface area contributed by atoms with Gasteiger partial charge in [-0.1, -0.05) is 72.8 Å². The molecule has 0 saturated heterocycles. The number of carbonyl (C=O) groups is 1. The van der Waals surface area contributed by atoms with E-state index >= 15 is 0 Å². The van der Waals surface area contributed by atoms with Crippen molar-refractivity contribution >= 4 is 17.6 Å². The lowest BCUT2D eigenvalue weighted by atomic mass is 10.0. The first kappa shape index (κ1) is 17.6. The van der Waals surface area contributed by atoms with Crippen molar-refractivity contribution in [2.45, 2.75) is 13.0 Å². The number of hydrogen-bond donors (Lipinski definition) is 1. The maximum absolute atomic E-state index is 13.1. The summed E-state index contributed by atoms with van der Waals surface area (Å²) in [5.41, 5.74) is 3.24. The fraction of sp³-hybridized carbons (Fsp3) is 0.0870. The van der Waals surface area contributed by atoms with Gasteiger partial charge in [-0.15, -0.1) is 0 Å². The van der Waals surface area contributed by atoms with Gasteiger partial charge in [-0.3, -0.25) is 4.79 Å². The molecule has 130 valence electrons. The van der Waals surface area contributed by atoms with Crippen molar-refractivity contribution in [2.24, 2.45) is 0 Å². The second-order valence-electron chi connectivity index (χ2n) is 6.08. The standard InChI is InChI=1S/C23H20FNO/c1-17(19-12-14-21(24)15-13-19)25-23(26)22(20-10-6-3-7-11-20)16-18-8-4-2-5-9-18/h2-17H,1H3,(H,25,26)/b22-16+/t17-/m0/s1. The Morgan fingerprint density at radius 3 is 2.08 bits per heavy atom. The molecule has 0 heterocycles. The van der Waals surface area contributed by atoms with Crippen LogP contribution in [0.15, 0.2) is 84.9 Å². The molecule has 1 atom stereocenters. The lowest BCUT2D eigenvalue weighted by Crippen LogP contribution is -2.27. The molecule has 0 aliphatic rings. The highest BCUT2D eigenvalue weighted by molar-refractivity contribution is 6.24. The van der Waals surface area contributed by atoms with Crippen LogP contribution in [-0.2, 0) is 4.79 Å². The summed E-state index contributed by atoms with van der Waals surface area (Å²) in [6, 6.07) is 25.2. The fourth-order valence-corrected chi connectivity index (χ4v) is 2.72. The van der Waals surface area contributed by atoms with E-state index in [1.165, 1.54) is 12.1 Å². The summed E-state index contributed by atoms with van der Waals surface area (Å²) in [4.78, 5) is 12.9. The number of amides is 1. The molecule has 3 aromatic carbocycles. The van der Waals surface area contributed by atoms with Crippen molar-refractivity contribution in [3.8, 4) is 0 Å². The van der Waals surface area contributed by atoms with E-state index in [1.807, 2.05) is 73.7 Å². The molecule has 0 unspecified atom stereocenters. The minimum absolute atomic E-state index is 0.170. The third-order valence-corrected chi connectivity index (χ3v) is 4.16. The average molecular weight is 345 g/mol. The maximum atomic E-state index is 13.1. The molecule has 0 saturated carbocycles.